The molecule has 0 aromatic carbocycles. The van der Waals surface area contributed by atoms with Gasteiger partial charge in [0, 0.05) is 12.4 Å². The first-order valence-electron chi connectivity index (χ1n) is 5.48. The molecule has 1 heterocycles. The Morgan fingerprint density at radius 2 is 2.29 bits per heavy atom. The summed E-state index contributed by atoms with van der Waals surface area (Å²) in [7, 11) is 0. The highest BCUT2D eigenvalue weighted by atomic mass is 15.0. The van der Waals surface area contributed by atoms with Crippen LogP contribution in [0.15, 0.2) is 31.4 Å². The van der Waals surface area contributed by atoms with E-state index in [-0.39, 0.29) is 0 Å². The van der Waals surface area contributed by atoms with Crippen LogP contribution in [0.1, 0.15) is 45.1 Å². The van der Waals surface area contributed by atoms with Gasteiger partial charge in [0.2, 0.25) is 0 Å². The molecule has 1 aromatic rings. The smallest absolute Gasteiger partial charge is 0.0951 e. The second-order valence-electron chi connectivity index (χ2n) is 3.66. The molecule has 0 saturated carbocycles. The normalized spacial score (nSPS) is 12.6. The molecule has 1 aromatic heterocycles. The second-order valence-corrected chi connectivity index (χ2v) is 3.66. The molecule has 0 aliphatic rings. The van der Waals surface area contributed by atoms with Crippen molar-refractivity contribution in [2.75, 3.05) is 0 Å². The van der Waals surface area contributed by atoms with Crippen molar-refractivity contribution in [3.05, 3.63) is 31.4 Å². The molecule has 1 unspecified atom stereocenters. The Morgan fingerprint density at radius 1 is 1.43 bits per heavy atom. The van der Waals surface area contributed by atoms with E-state index in [1.165, 1.54) is 32.1 Å². The van der Waals surface area contributed by atoms with Crippen molar-refractivity contribution in [1.29, 1.82) is 0 Å². The van der Waals surface area contributed by atoms with Crippen molar-refractivity contribution >= 4 is 0 Å². The van der Waals surface area contributed by atoms with Crippen LogP contribution in [-0.4, -0.2) is 9.55 Å². The maximum Gasteiger partial charge on any atom is 0.0951 e. The van der Waals surface area contributed by atoms with Gasteiger partial charge >= 0.3 is 0 Å². The monoisotopic (exact) mass is 192 g/mol. The number of rotatable bonds is 7. The zero-order valence-electron chi connectivity index (χ0n) is 9.02. The molecule has 2 nitrogen and oxygen atoms in total. The highest BCUT2D eigenvalue weighted by molar-refractivity contribution is 4.89. The zero-order chi connectivity index (χ0) is 10.2. The molecule has 0 amide bonds. The van der Waals surface area contributed by atoms with Crippen molar-refractivity contribution in [2.45, 2.75) is 45.1 Å². The highest BCUT2D eigenvalue weighted by Gasteiger charge is 2.04. The Hall–Kier alpha value is -1.05. The standard InChI is InChI=1S/C12H20N2/c1-3-5-6-7-8-12(4-2)14-10-9-13-11-14/h4,9-12H,2-3,5-8H2,1H3. The minimum absolute atomic E-state index is 0.425. The maximum atomic E-state index is 4.05. The zero-order valence-corrected chi connectivity index (χ0v) is 9.02. The molecular formula is C12H20N2. The van der Waals surface area contributed by atoms with Crippen LogP contribution in [0.4, 0.5) is 0 Å². The van der Waals surface area contributed by atoms with Crippen LogP contribution in [0, 0.1) is 0 Å². The lowest BCUT2D eigenvalue weighted by Gasteiger charge is -2.13. The van der Waals surface area contributed by atoms with Crippen molar-refractivity contribution in [3.8, 4) is 0 Å². The maximum absolute atomic E-state index is 4.05. The molecule has 0 fully saturated rings. The molecular weight excluding hydrogens is 172 g/mol. The van der Waals surface area contributed by atoms with Crippen molar-refractivity contribution in [2.24, 2.45) is 0 Å². The van der Waals surface area contributed by atoms with Crippen molar-refractivity contribution in [3.63, 3.8) is 0 Å². The number of imidazole rings is 1. The lowest BCUT2D eigenvalue weighted by molar-refractivity contribution is 0.511. The van der Waals surface area contributed by atoms with E-state index in [1.54, 1.807) is 0 Å². The number of unbranched alkanes of at least 4 members (excludes halogenated alkanes) is 3. The van der Waals surface area contributed by atoms with Crippen LogP contribution in [-0.2, 0) is 0 Å². The van der Waals surface area contributed by atoms with Gasteiger partial charge in [-0.1, -0.05) is 38.7 Å². The molecule has 2 heteroatoms. The fourth-order valence-corrected chi connectivity index (χ4v) is 1.63. The molecule has 1 rings (SSSR count). The molecule has 0 aliphatic carbocycles. The van der Waals surface area contributed by atoms with E-state index < -0.39 is 0 Å². The molecule has 14 heavy (non-hydrogen) atoms. The largest absolute Gasteiger partial charge is 0.331 e. The number of nitrogens with zero attached hydrogens (tertiary/aromatic N) is 2. The fourth-order valence-electron chi connectivity index (χ4n) is 1.63. The Labute approximate surface area is 86.7 Å². The molecule has 0 N–H and O–H groups in total. The number of allylic oxidation sites excluding steroid dienone is 1. The van der Waals surface area contributed by atoms with Gasteiger partial charge in [-0.25, -0.2) is 4.98 Å². The Morgan fingerprint density at radius 3 is 2.86 bits per heavy atom. The first-order chi connectivity index (χ1) is 6.88. The third-order valence-electron chi connectivity index (χ3n) is 2.53. The van der Waals surface area contributed by atoms with E-state index in [9.17, 15) is 0 Å². The second kappa shape index (κ2) is 6.41. The van der Waals surface area contributed by atoms with Gasteiger partial charge in [0.15, 0.2) is 0 Å². The van der Waals surface area contributed by atoms with E-state index in [0.717, 1.165) is 0 Å². The van der Waals surface area contributed by atoms with Gasteiger partial charge in [0.1, 0.15) is 0 Å². The fraction of sp³-hybridized carbons (Fsp3) is 0.583. The summed E-state index contributed by atoms with van der Waals surface area (Å²) in [6, 6.07) is 0.425. The van der Waals surface area contributed by atoms with Gasteiger partial charge in [-0.05, 0) is 6.42 Å². The summed E-state index contributed by atoms with van der Waals surface area (Å²) in [5, 5.41) is 0. The summed E-state index contributed by atoms with van der Waals surface area (Å²) in [6.07, 6.45) is 14.1. The van der Waals surface area contributed by atoms with Crippen LogP contribution < -0.4 is 0 Å². The van der Waals surface area contributed by atoms with Gasteiger partial charge in [0.05, 0.1) is 12.4 Å². The summed E-state index contributed by atoms with van der Waals surface area (Å²) < 4.78 is 2.12. The number of hydrogen-bond acceptors (Lipinski definition) is 1. The topological polar surface area (TPSA) is 17.8 Å². The average Bonchev–Trinajstić information content (AvgIpc) is 2.71. The Kier molecular flexibility index (Phi) is 5.05. The van der Waals surface area contributed by atoms with E-state index >= 15 is 0 Å². The molecule has 0 aliphatic heterocycles. The van der Waals surface area contributed by atoms with Crippen LogP contribution >= 0.6 is 0 Å². The Balaban J connectivity index is 2.29. The molecule has 78 valence electrons. The predicted octanol–water partition coefficient (Wildman–Crippen LogP) is 3.58. The molecule has 1 atom stereocenters. The first-order valence-corrected chi connectivity index (χ1v) is 5.48. The molecule has 0 radical (unpaired) electrons. The first kappa shape index (κ1) is 11.0. The Bertz CT molecular complexity index is 239. The predicted molar refractivity (Wildman–Crippen MR) is 60.2 cm³/mol. The minimum atomic E-state index is 0.425. The van der Waals surface area contributed by atoms with Crippen molar-refractivity contribution in [1.82, 2.24) is 9.55 Å². The quantitative estimate of drug-likeness (QED) is 0.477. The van der Waals surface area contributed by atoms with Crippen LogP contribution in [0.3, 0.4) is 0 Å². The summed E-state index contributed by atoms with van der Waals surface area (Å²) in [4.78, 5) is 4.05. The summed E-state index contributed by atoms with van der Waals surface area (Å²) in [5.74, 6) is 0. The lowest BCUT2D eigenvalue weighted by atomic mass is 10.1. The molecule has 0 spiro atoms. The van der Waals surface area contributed by atoms with Crippen LogP contribution in [0.2, 0.25) is 0 Å². The van der Waals surface area contributed by atoms with E-state index in [0.29, 0.717) is 6.04 Å². The van der Waals surface area contributed by atoms with E-state index in [4.69, 9.17) is 0 Å². The lowest BCUT2D eigenvalue weighted by Crippen LogP contribution is -2.03. The van der Waals surface area contributed by atoms with Crippen molar-refractivity contribution < 1.29 is 0 Å². The van der Waals surface area contributed by atoms with Gasteiger partial charge in [0.25, 0.3) is 0 Å². The minimum Gasteiger partial charge on any atom is -0.331 e. The van der Waals surface area contributed by atoms with Gasteiger partial charge in [-0.3, -0.25) is 0 Å². The third-order valence-corrected chi connectivity index (χ3v) is 2.53. The van der Waals surface area contributed by atoms with Crippen LogP contribution in [0.25, 0.3) is 0 Å². The van der Waals surface area contributed by atoms with E-state index in [1.807, 2.05) is 24.8 Å². The van der Waals surface area contributed by atoms with Gasteiger partial charge in [-0.2, -0.15) is 0 Å². The van der Waals surface area contributed by atoms with Crippen LogP contribution in [0.5, 0.6) is 0 Å². The SMILES string of the molecule is C=CC(CCCCCC)n1ccnc1. The average molecular weight is 192 g/mol. The highest BCUT2D eigenvalue weighted by Crippen LogP contribution is 2.16. The molecule has 0 saturated heterocycles. The summed E-state index contributed by atoms with van der Waals surface area (Å²) >= 11 is 0. The number of aromatic nitrogens is 2. The summed E-state index contributed by atoms with van der Waals surface area (Å²) in [6.45, 7) is 6.10. The number of hydrogen-bond donors (Lipinski definition) is 0. The van der Waals surface area contributed by atoms with Gasteiger partial charge < -0.3 is 4.57 Å². The summed E-state index contributed by atoms with van der Waals surface area (Å²) in [5.41, 5.74) is 0. The van der Waals surface area contributed by atoms with Gasteiger partial charge in [-0.15, -0.1) is 6.58 Å². The third kappa shape index (κ3) is 3.36. The van der Waals surface area contributed by atoms with E-state index in [2.05, 4.69) is 23.1 Å². The molecule has 0 bridgehead atoms.